The minimum Gasteiger partial charge on any atom is -0.344 e. The zero-order chi connectivity index (χ0) is 15.9. The predicted octanol–water partition coefficient (Wildman–Crippen LogP) is 3.98. The molecule has 0 saturated carbocycles. The molecule has 2 aromatic heterocycles. The summed E-state index contributed by atoms with van der Waals surface area (Å²) >= 11 is 1.66. The number of thiophene rings is 1. The Morgan fingerprint density at radius 3 is 2.61 bits per heavy atom. The maximum Gasteiger partial charge on any atom is 0.221 e. The summed E-state index contributed by atoms with van der Waals surface area (Å²) in [7, 11) is 0. The summed E-state index contributed by atoms with van der Waals surface area (Å²) in [5, 5.41) is 7.23. The maximum atomic E-state index is 12.4. The van der Waals surface area contributed by atoms with Crippen molar-refractivity contribution >= 4 is 17.2 Å². The van der Waals surface area contributed by atoms with Crippen molar-refractivity contribution in [2.24, 2.45) is 0 Å². The lowest BCUT2D eigenvalue weighted by Crippen LogP contribution is -2.30. The Bertz CT molecular complexity index is 687. The number of amides is 1. The van der Waals surface area contributed by atoms with Gasteiger partial charge in [0.25, 0.3) is 0 Å². The standard InChI is InChI=1S/C19H18N2OS/c22-18(10-9-15-11-13-23-14-15)21-19(16-6-2-1-3-7-16)17-8-4-5-12-20-17/h1-8,11-14,19H,9-10H2,(H,21,22). The molecule has 1 unspecified atom stereocenters. The molecule has 3 rings (SSSR count). The quantitative estimate of drug-likeness (QED) is 0.746. The summed E-state index contributed by atoms with van der Waals surface area (Å²) in [4.78, 5) is 16.8. The largest absolute Gasteiger partial charge is 0.344 e. The molecule has 116 valence electrons. The van der Waals surface area contributed by atoms with Gasteiger partial charge in [0, 0.05) is 12.6 Å². The summed E-state index contributed by atoms with van der Waals surface area (Å²) in [6, 6.07) is 17.6. The lowest BCUT2D eigenvalue weighted by molar-refractivity contribution is -0.121. The van der Waals surface area contributed by atoms with Crippen LogP contribution in [0.3, 0.4) is 0 Å². The number of pyridine rings is 1. The Morgan fingerprint density at radius 1 is 1.09 bits per heavy atom. The van der Waals surface area contributed by atoms with E-state index < -0.39 is 0 Å². The van der Waals surface area contributed by atoms with Gasteiger partial charge in [-0.3, -0.25) is 9.78 Å². The van der Waals surface area contributed by atoms with Crippen LogP contribution in [0.15, 0.2) is 71.6 Å². The number of rotatable bonds is 6. The second kappa shape index (κ2) is 7.70. The van der Waals surface area contributed by atoms with Gasteiger partial charge in [-0.15, -0.1) is 0 Å². The number of carbonyl (C=O) groups is 1. The van der Waals surface area contributed by atoms with E-state index in [1.54, 1.807) is 17.5 Å². The first-order chi connectivity index (χ1) is 11.3. The maximum absolute atomic E-state index is 12.4. The summed E-state index contributed by atoms with van der Waals surface area (Å²) < 4.78 is 0. The van der Waals surface area contributed by atoms with E-state index in [1.165, 1.54) is 5.56 Å². The SMILES string of the molecule is O=C(CCc1ccsc1)NC(c1ccccc1)c1ccccn1. The number of nitrogens with one attached hydrogen (secondary N) is 1. The third-order valence-corrected chi connectivity index (χ3v) is 4.37. The van der Waals surface area contributed by atoms with Crippen LogP contribution in [0.4, 0.5) is 0 Å². The van der Waals surface area contributed by atoms with E-state index >= 15 is 0 Å². The minimum absolute atomic E-state index is 0.0377. The van der Waals surface area contributed by atoms with Crippen LogP contribution < -0.4 is 5.32 Å². The van der Waals surface area contributed by atoms with Crippen molar-refractivity contribution in [2.75, 3.05) is 0 Å². The number of aromatic nitrogens is 1. The smallest absolute Gasteiger partial charge is 0.221 e. The number of benzene rings is 1. The lowest BCUT2D eigenvalue weighted by atomic mass is 10.0. The number of hydrogen-bond donors (Lipinski definition) is 1. The average molecular weight is 322 g/mol. The molecule has 0 bridgehead atoms. The molecule has 1 aromatic carbocycles. The third kappa shape index (κ3) is 4.27. The second-order valence-corrected chi connectivity index (χ2v) is 6.08. The van der Waals surface area contributed by atoms with Crippen LogP contribution in [-0.2, 0) is 11.2 Å². The molecule has 0 spiro atoms. The van der Waals surface area contributed by atoms with Crippen LogP contribution in [0.2, 0.25) is 0 Å². The highest BCUT2D eigenvalue weighted by Crippen LogP contribution is 2.20. The van der Waals surface area contributed by atoms with Crippen molar-refractivity contribution in [1.82, 2.24) is 10.3 Å². The number of carbonyl (C=O) groups excluding carboxylic acids is 1. The monoisotopic (exact) mass is 322 g/mol. The van der Waals surface area contributed by atoms with Gasteiger partial charge >= 0.3 is 0 Å². The first kappa shape index (κ1) is 15.4. The van der Waals surface area contributed by atoms with Crippen molar-refractivity contribution in [2.45, 2.75) is 18.9 Å². The third-order valence-electron chi connectivity index (χ3n) is 3.64. The Hall–Kier alpha value is -2.46. The van der Waals surface area contributed by atoms with Gasteiger partial charge in [0.2, 0.25) is 5.91 Å². The van der Waals surface area contributed by atoms with E-state index in [0.717, 1.165) is 17.7 Å². The topological polar surface area (TPSA) is 42.0 Å². The van der Waals surface area contributed by atoms with Crippen LogP contribution in [0.5, 0.6) is 0 Å². The van der Waals surface area contributed by atoms with Crippen molar-refractivity contribution in [1.29, 1.82) is 0 Å². The highest BCUT2D eigenvalue weighted by atomic mass is 32.1. The molecule has 0 aliphatic rings. The number of aryl methyl sites for hydroxylation is 1. The summed E-state index contributed by atoms with van der Waals surface area (Å²) in [5.74, 6) is 0.0377. The van der Waals surface area contributed by atoms with Crippen molar-refractivity contribution in [3.63, 3.8) is 0 Å². The van der Waals surface area contributed by atoms with Gasteiger partial charge in [-0.2, -0.15) is 11.3 Å². The van der Waals surface area contributed by atoms with E-state index in [2.05, 4.69) is 21.7 Å². The molecule has 1 amide bonds. The molecule has 0 aliphatic carbocycles. The molecule has 1 atom stereocenters. The lowest BCUT2D eigenvalue weighted by Gasteiger charge is -2.18. The molecule has 0 saturated heterocycles. The normalized spacial score (nSPS) is 11.8. The van der Waals surface area contributed by atoms with Gasteiger partial charge < -0.3 is 5.32 Å². The first-order valence-electron chi connectivity index (χ1n) is 7.59. The van der Waals surface area contributed by atoms with Crippen LogP contribution in [0, 0.1) is 0 Å². The molecular weight excluding hydrogens is 304 g/mol. The molecule has 0 aliphatic heterocycles. The molecule has 23 heavy (non-hydrogen) atoms. The predicted molar refractivity (Wildman–Crippen MR) is 93.3 cm³/mol. The highest BCUT2D eigenvalue weighted by molar-refractivity contribution is 7.07. The van der Waals surface area contributed by atoms with Gasteiger partial charge in [-0.1, -0.05) is 36.4 Å². The molecule has 3 aromatic rings. The summed E-state index contributed by atoms with van der Waals surface area (Å²) in [5.41, 5.74) is 3.09. The van der Waals surface area contributed by atoms with Gasteiger partial charge in [0.15, 0.2) is 0 Å². The van der Waals surface area contributed by atoms with E-state index in [1.807, 2.05) is 53.9 Å². The molecule has 0 radical (unpaired) electrons. The van der Waals surface area contributed by atoms with Crippen LogP contribution >= 0.6 is 11.3 Å². The number of nitrogens with zero attached hydrogens (tertiary/aromatic N) is 1. The van der Waals surface area contributed by atoms with E-state index in [0.29, 0.717) is 6.42 Å². The molecule has 1 N–H and O–H groups in total. The fourth-order valence-electron chi connectivity index (χ4n) is 2.45. The molecule has 2 heterocycles. The van der Waals surface area contributed by atoms with Gasteiger partial charge in [0.05, 0.1) is 11.7 Å². The Morgan fingerprint density at radius 2 is 1.91 bits per heavy atom. The van der Waals surface area contributed by atoms with Gasteiger partial charge in [-0.05, 0) is 46.5 Å². The van der Waals surface area contributed by atoms with Gasteiger partial charge in [0.1, 0.15) is 0 Å². The van der Waals surface area contributed by atoms with E-state index in [-0.39, 0.29) is 11.9 Å². The van der Waals surface area contributed by atoms with E-state index in [4.69, 9.17) is 0 Å². The van der Waals surface area contributed by atoms with Gasteiger partial charge in [-0.25, -0.2) is 0 Å². The molecule has 0 fully saturated rings. The Labute approximate surface area is 140 Å². The Balaban J connectivity index is 1.72. The molecule has 3 nitrogen and oxygen atoms in total. The molecule has 4 heteroatoms. The van der Waals surface area contributed by atoms with Crippen LogP contribution in [0.1, 0.15) is 29.3 Å². The average Bonchev–Trinajstić information content (AvgIpc) is 3.13. The summed E-state index contributed by atoms with van der Waals surface area (Å²) in [6.45, 7) is 0. The fraction of sp³-hybridized carbons (Fsp3) is 0.158. The van der Waals surface area contributed by atoms with Crippen molar-refractivity contribution in [3.8, 4) is 0 Å². The minimum atomic E-state index is -0.215. The second-order valence-electron chi connectivity index (χ2n) is 5.30. The molecular formula is C19H18N2OS. The summed E-state index contributed by atoms with van der Waals surface area (Å²) in [6.07, 6.45) is 2.99. The van der Waals surface area contributed by atoms with Crippen LogP contribution in [0.25, 0.3) is 0 Å². The number of hydrogen-bond acceptors (Lipinski definition) is 3. The zero-order valence-corrected chi connectivity index (χ0v) is 13.5. The van der Waals surface area contributed by atoms with Crippen LogP contribution in [-0.4, -0.2) is 10.9 Å². The van der Waals surface area contributed by atoms with Crippen molar-refractivity contribution in [3.05, 3.63) is 88.4 Å². The Kier molecular flexibility index (Phi) is 5.17. The first-order valence-corrected chi connectivity index (χ1v) is 8.53. The highest BCUT2D eigenvalue weighted by Gasteiger charge is 2.17. The van der Waals surface area contributed by atoms with Crippen molar-refractivity contribution < 1.29 is 4.79 Å². The zero-order valence-electron chi connectivity index (χ0n) is 12.7. The van der Waals surface area contributed by atoms with E-state index in [9.17, 15) is 4.79 Å². The fourth-order valence-corrected chi connectivity index (χ4v) is 3.15.